The summed E-state index contributed by atoms with van der Waals surface area (Å²) in [6.45, 7) is 5.79. The molecule has 5 rings (SSSR count). The maximum atomic E-state index is 12.5. The number of piperidine rings is 1. The molecule has 1 N–H and O–H groups in total. The lowest BCUT2D eigenvalue weighted by molar-refractivity contribution is -0.132. The van der Waals surface area contributed by atoms with Crippen molar-refractivity contribution in [1.29, 1.82) is 0 Å². The number of carbonyl (C=O) groups is 2. The van der Waals surface area contributed by atoms with E-state index in [-0.39, 0.29) is 17.7 Å². The zero-order valence-electron chi connectivity index (χ0n) is 14.6. The molecule has 0 aromatic heterocycles. The molecule has 2 amide bonds. The van der Waals surface area contributed by atoms with Crippen LogP contribution in [0.1, 0.15) is 44.9 Å². The molecule has 0 unspecified atom stereocenters. The summed E-state index contributed by atoms with van der Waals surface area (Å²) in [6.07, 6.45) is 10.1. The van der Waals surface area contributed by atoms with Crippen molar-refractivity contribution in [2.45, 2.75) is 44.9 Å². The van der Waals surface area contributed by atoms with Crippen LogP contribution in [0, 0.1) is 35.5 Å². The minimum atomic E-state index is -0.0116. The van der Waals surface area contributed by atoms with Crippen LogP contribution < -0.4 is 5.32 Å². The topological polar surface area (TPSA) is 49.4 Å². The van der Waals surface area contributed by atoms with E-state index in [1.54, 1.807) is 4.90 Å². The van der Waals surface area contributed by atoms with Gasteiger partial charge in [0.2, 0.25) is 11.8 Å². The van der Waals surface area contributed by atoms with E-state index in [0.717, 1.165) is 49.0 Å². The first-order valence-electron chi connectivity index (χ1n) is 9.83. The maximum Gasteiger partial charge on any atom is 0.245 e. The van der Waals surface area contributed by atoms with Crippen LogP contribution in [0.4, 0.5) is 0 Å². The summed E-state index contributed by atoms with van der Waals surface area (Å²) in [5, 5.41) is 3.28. The highest BCUT2D eigenvalue weighted by molar-refractivity contribution is 5.87. The monoisotopic (exact) mass is 330 g/mol. The zero-order valence-corrected chi connectivity index (χ0v) is 14.6. The third-order valence-corrected chi connectivity index (χ3v) is 7.29. The van der Waals surface area contributed by atoms with Crippen molar-refractivity contribution in [2.75, 3.05) is 19.6 Å². The normalized spacial score (nSPS) is 38.2. The molecule has 1 heterocycles. The molecule has 5 fully saturated rings. The van der Waals surface area contributed by atoms with Crippen LogP contribution >= 0.6 is 0 Å². The second-order valence-electron chi connectivity index (χ2n) is 8.64. The van der Waals surface area contributed by atoms with Crippen molar-refractivity contribution in [3.63, 3.8) is 0 Å². The summed E-state index contributed by atoms with van der Waals surface area (Å²) in [5.74, 6) is 4.73. The predicted molar refractivity (Wildman–Crippen MR) is 93.0 cm³/mol. The van der Waals surface area contributed by atoms with Gasteiger partial charge in [0.25, 0.3) is 0 Å². The average Bonchev–Trinajstić information content (AvgIpc) is 2.60. The quantitative estimate of drug-likeness (QED) is 0.806. The summed E-state index contributed by atoms with van der Waals surface area (Å²) in [7, 11) is 0. The fourth-order valence-corrected chi connectivity index (χ4v) is 6.23. The Bertz CT molecular complexity index is 494. The van der Waals surface area contributed by atoms with E-state index in [9.17, 15) is 9.59 Å². The summed E-state index contributed by atoms with van der Waals surface area (Å²) in [4.78, 5) is 26.0. The standard InChI is InChI=1S/C20H30N2O2/c1-2-19(23)22-5-3-15(4-6-22)20(24)21-12-18-16-8-13-7-14(10-16)11-17(18)9-13/h2,13-18H,1,3-12H2,(H,21,24). The van der Waals surface area contributed by atoms with Gasteiger partial charge in [-0.2, -0.15) is 0 Å². The lowest BCUT2D eigenvalue weighted by Gasteiger charge is -2.54. The van der Waals surface area contributed by atoms with Crippen LogP contribution in [0.5, 0.6) is 0 Å². The largest absolute Gasteiger partial charge is 0.356 e. The first-order chi connectivity index (χ1) is 11.6. The van der Waals surface area contributed by atoms with Gasteiger partial charge in [0, 0.05) is 25.6 Å². The van der Waals surface area contributed by atoms with Crippen molar-refractivity contribution in [2.24, 2.45) is 35.5 Å². The molecule has 0 aromatic rings. The van der Waals surface area contributed by atoms with Gasteiger partial charge in [0.15, 0.2) is 0 Å². The van der Waals surface area contributed by atoms with Gasteiger partial charge in [0.05, 0.1) is 0 Å². The van der Waals surface area contributed by atoms with Gasteiger partial charge >= 0.3 is 0 Å². The Kier molecular flexibility index (Phi) is 4.40. The highest BCUT2D eigenvalue weighted by Crippen LogP contribution is 2.56. The van der Waals surface area contributed by atoms with Gasteiger partial charge in [-0.3, -0.25) is 9.59 Å². The molecule has 4 bridgehead atoms. The smallest absolute Gasteiger partial charge is 0.245 e. The van der Waals surface area contributed by atoms with Crippen LogP contribution in [0.25, 0.3) is 0 Å². The Labute approximate surface area is 145 Å². The fraction of sp³-hybridized carbons (Fsp3) is 0.800. The highest BCUT2D eigenvalue weighted by Gasteiger charge is 2.48. The molecule has 5 aliphatic rings. The van der Waals surface area contributed by atoms with E-state index < -0.39 is 0 Å². The Hall–Kier alpha value is -1.32. The van der Waals surface area contributed by atoms with Gasteiger partial charge in [-0.1, -0.05) is 6.58 Å². The molecule has 0 atom stereocenters. The van der Waals surface area contributed by atoms with Crippen molar-refractivity contribution in [3.05, 3.63) is 12.7 Å². The van der Waals surface area contributed by atoms with Gasteiger partial charge in [0.1, 0.15) is 0 Å². The first-order valence-corrected chi connectivity index (χ1v) is 9.83. The fourth-order valence-electron chi connectivity index (χ4n) is 6.23. The summed E-state index contributed by atoms with van der Waals surface area (Å²) in [6, 6.07) is 0. The number of amides is 2. The number of likely N-dealkylation sites (tertiary alicyclic amines) is 1. The van der Waals surface area contributed by atoms with E-state index in [0.29, 0.717) is 13.1 Å². The predicted octanol–water partition coefficient (Wildman–Crippen LogP) is 2.60. The van der Waals surface area contributed by atoms with E-state index >= 15 is 0 Å². The molecule has 4 aliphatic carbocycles. The van der Waals surface area contributed by atoms with Crippen LogP contribution in [-0.2, 0) is 9.59 Å². The van der Waals surface area contributed by atoms with Gasteiger partial charge < -0.3 is 10.2 Å². The van der Waals surface area contributed by atoms with Crippen molar-refractivity contribution >= 4 is 11.8 Å². The molecule has 4 saturated carbocycles. The van der Waals surface area contributed by atoms with E-state index in [1.165, 1.54) is 38.2 Å². The Balaban J connectivity index is 1.26. The molecule has 0 aromatic carbocycles. The average molecular weight is 330 g/mol. The Morgan fingerprint density at radius 3 is 2.12 bits per heavy atom. The molecule has 0 spiro atoms. The number of hydrogen-bond acceptors (Lipinski definition) is 2. The molecular formula is C20H30N2O2. The molecule has 0 radical (unpaired) electrons. The van der Waals surface area contributed by atoms with Crippen molar-refractivity contribution in [3.8, 4) is 0 Å². The van der Waals surface area contributed by atoms with Crippen LogP contribution in [-0.4, -0.2) is 36.3 Å². The van der Waals surface area contributed by atoms with Gasteiger partial charge in [-0.25, -0.2) is 0 Å². The summed E-state index contributed by atoms with van der Waals surface area (Å²) in [5.41, 5.74) is 0. The number of carbonyl (C=O) groups excluding carboxylic acids is 2. The summed E-state index contributed by atoms with van der Waals surface area (Å²) >= 11 is 0. The minimum absolute atomic E-state index is 0.0116. The molecular weight excluding hydrogens is 300 g/mol. The van der Waals surface area contributed by atoms with Gasteiger partial charge in [-0.15, -0.1) is 0 Å². The maximum absolute atomic E-state index is 12.5. The van der Waals surface area contributed by atoms with Crippen LogP contribution in [0.3, 0.4) is 0 Å². The number of hydrogen-bond donors (Lipinski definition) is 1. The number of nitrogens with one attached hydrogen (secondary N) is 1. The van der Waals surface area contributed by atoms with Crippen LogP contribution in [0.2, 0.25) is 0 Å². The molecule has 132 valence electrons. The molecule has 1 saturated heterocycles. The molecule has 4 nitrogen and oxygen atoms in total. The van der Waals surface area contributed by atoms with Crippen LogP contribution in [0.15, 0.2) is 12.7 Å². The van der Waals surface area contributed by atoms with E-state index in [2.05, 4.69) is 11.9 Å². The zero-order chi connectivity index (χ0) is 16.7. The number of rotatable bonds is 4. The van der Waals surface area contributed by atoms with Gasteiger partial charge in [-0.05, 0) is 80.6 Å². The lowest BCUT2D eigenvalue weighted by Crippen LogP contribution is -2.50. The third-order valence-electron chi connectivity index (χ3n) is 7.29. The van der Waals surface area contributed by atoms with Crippen molar-refractivity contribution < 1.29 is 9.59 Å². The second kappa shape index (κ2) is 6.53. The minimum Gasteiger partial charge on any atom is -0.356 e. The SMILES string of the molecule is C=CC(=O)N1CCC(C(=O)NCC2C3CC4CC(C3)CC2C4)CC1. The van der Waals surface area contributed by atoms with Crippen molar-refractivity contribution in [1.82, 2.24) is 10.2 Å². The molecule has 1 aliphatic heterocycles. The molecule has 4 heteroatoms. The highest BCUT2D eigenvalue weighted by atomic mass is 16.2. The third kappa shape index (κ3) is 3.00. The van der Waals surface area contributed by atoms with E-state index in [4.69, 9.17) is 0 Å². The van der Waals surface area contributed by atoms with E-state index in [1.807, 2.05) is 0 Å². The number of nitrogens with zero attached hydrogens (tertiary/aromatic N) is 1. The first kappa shape index (κ1) is 16.2. The Morgan fingerprint density at radius 1 is 1.00 bits per heavy atom. The second-order valence-corrected chi connectivity index (χ2v) is 8.64. The Morgan fingerprint density at radius 2 is 1.58 bits per heavy atom. The molecule has 24 heavy (non-hydrogen) atoms. The lowest BCUT2D eigenvalue weighted by atomic mass is 9.52. The summed E-state index contributed by atoms with van der Waals surface area (Å²) < 4.78 is 0.